The molecular formula is C19H21FN2O3S. The highest BCUT2D eigenvalue weighted by Gasteiger charge is 2.34. The molecule has 0 saturated carbocycles. The summed E-state index contributed by atoms with van der Waals surface area (Å²) in [5, 5.41) is 4.64. The molecule has 5 nitrogen and oxygen atoms in total. The molecule has 0 aliphatic carbocycles. The standard InChI is InChI=1S/C19H21FN2O3S/c1-2-25-17-8-7-13(11-15(17)20)21-19(24)16-6-3-9-22(16)18(23)12-14-5-4-10-26-14/h4-5,7-8,10-11,16H,2-3,6,9,12H2,1H3,(H,21,24). The maximum absolute atomic E-state index is 13.9. The normalized spacial score (nSPS) is 16.5. The third kappa shape index (κ3) is 4.22. The van der Waals surface area contributed by atoms with Gasteiger partial charge in [0.25, 0.3) is 0 Å². The SMILES string of the molecule is CCOc1ccc(NC(=O)C2CCCN2C(=O)Cc2cccs2)cc1F. The summed E-state index contributed by atoms with van der Waals surface area (Å²) in [6.45, 7) is 2.71. The molecule has 1 aliphatic heterocycles. The van der Waals surface area contributed by atoms with Crippen LogP contribution in [0.25, 0.3) is 0 Å². The lowest BCUT2D eigenvalue weighted by molar-refractivity contribution is -0.136. The van der Waals surface area contributed by atoms with Gasteiger partial charge >= 0.3 is 0 Å². The van der Waals surface area contributed by atoms with Crippen molar-refractivity contribution in [1.29, 1.82) is 0 Å². The molecule has 0 radical (unpaired) electrons. The van der Waals surface area contributed by atoms with Crippen LogP contribution >= 0.6 is 11.3 Å². The number of nitrogens with one attached hydrogen (secondary N) is 1. The molecule has 1 aliphatic rings. The van der Waals surface area contributed by atoms with E-state index in [-0.39, 0.29) is 17.6 Å². The summed E-state index contributed by atoms with van der Waals surface area (Å²) >= 11 is 1.53. The highest BCUT2D eigenvalue weighted by molar-refractivity contribution is 7.10. The molecule has 1 unspecified atom stereocenters. The van der Waals surface area contributed by atoms with Crippen molar-refractivity contribution < 1.29 is 18.7 Å². The minimum atomic E-state index is -0.526. The van der Waals surface area contributed by atoms with Gasteiger partial charge in [-0.25, -0.2) is 4.39 Å². The number of hydrogen-bond acceptors (Lipinski definition) is 4. The fourth-order valence-electron chi connectivity index (χ4n) is 3.08. The third-order valence-electron chi connectivity index (χ3n) is 4.28. The Labute approximate surface area is 155 Å². The zero-order valence-electron chi connectivity index (χ0n) is 14.5. The summed E-state index contributed by atoms with van der Waals surface area (Å²) in [6, 6.07) is 7.62. The van der Waals surface area contributed by atoms with Gasteiger partial charge in [0.2, 0.25) is 11.8 Å². The van der Waals surface area contributed by atoms with Crippen LogP contribution in [0.4, 0.5) is 10.1 Å². The van der Waals surface area contributed by atoms with Gasteiger partial charge in [-0.2, -0.15) is 0 Å². The first-order valence-electron chi connectivity index (χ1n) is 8.63. The zero-order valence-corrected chi connectivity index (χ0v) is 15.4. The highest BCUT2D eigenvalue weighted by Crippen LogP contribution is 2.24. The molecule has 0 bridgehead atoms. The quantitative estimate of drug-likeness (QED) is 0.840. The summed E-state index contributed by atoms with van der Waals surface area (Å²) in [5.41, 5.74) is 0.355. The fraction of sp³-hybridized carbons (Fsp3) is 0.368. The first kappa shape index (κ1) is 18.4. The largest absolute Gasteiger partial charge is 0.491 e. The average molecular weight is 376 g/mol. The van der Waals surface area contributed by atoms with E-state index in [9.17, 15) is 14.0 Å². The maximum Gasteiger partial charge on any atom is 0.247 e. The molecule has 138 valence electrons. The molecule has 1 aromatic carbocycles. The number of rotatable bonds is 6. The Morgan fingerprint density at radius 3 is 2.92 bits per heavy atom. The minimum Gasteiger partial charge on any atom is -0.491 e. The van der Waals surface area contributed by atoms with Crippen molar-refractivity contribution in [2.24, 2.45) is 0 Å². The fourth-order valence-corrected chi connectivity index (χ4v) is 3.77. The van der Waals surface area contributed by atoms with Gasteiger partial charge in [-0.1, -0.05) is 6.07 Å². The molecule has 2 aromatic rings. The van der Waals surface area contributed by atoms with Crippen molar-refractivity contribution in [3.8, 4) is 5.75 Å². The number of likely N-dealkylation sites (tertiary alicyclic amines) is 1. The van der Waals surface area contributed by atoms with Crippen molar-refractivity contribution in [3.63, 3.8) is 0 Å². The summed E-state index contributed by atoms with van der Waals surface area (Å²) < 4.78 is 19.1. The first-order chi connectivity index (χ1) is 12.6. The van der Waals surface area contributed by atoms with E-state index in [4.69, 9.17) is 4.74 Å². The van der Waals surface area contributed by atoms with Gasteiger partial charge in [0.15, 0.2) is 11.6 Å². The van der Waals surface area contributed by atoms with Crippen LogP contribution in [0.5, 0.6) is 5.75 Å². The highest BCUT2D eigenvalue weighted by atomic mass is 32.1. The predicted molar refractivity (Wildman–Crippen MR) is 99.0 cm³/mol. The number of nitrogens with zero attached hydrogens (tertiary/aromatic N) is 1. The summed E-state index contributed by atoms with van der Waals surface area (Å²) in [4.78, 5) is 27.7. The van der Waals surface area contributed by atoms with Crippen molar-refractivity contribution in [3.05, 3.63) is 46.4 Å². The number of ether oxygens (including phenoxy) is 1. The van der Waals surface area contributed by atoms with Crippen LogP contribution in [0.15, 0.2) is 35.7 Å². The van der Waals surface area contributed by atoms with Gasteiger partial charge in [0.1, 0.15) is 6.04 Å². The number of carbonyl (C=O) groups excluding carboxylic acids is 2. The number of carbonyl (C=O) groups is 2. The predicted octanol–water partition coefficient (Wildman–Crippen LogP) is 3.46. The van der Waals surface area contributed by atoms with Crippen LogP contribution in [0, 0.1) is 5.82 Å². The molecule has 1 fully saturated rings. The Morgan fingerprint density at radius 2 is 2.23 bits per heavy atom. The van der Waals surface area contributed by atoms with E-state index in [1.54, 1.807) is 17.9 Å². The number of hydrogen-bond donors (Lipinski definition) is 1. The third-order valence-corrected chi connectivity index (χ3v) is 5.16. The lowest BCUT2D eigenvalue weighted by Crippen LogP contribution is -2.43. The number of thiophene rings is 1. The molecule has 1 aromatic heterocycles. The van der Waals surface area contributed by atoms with Crippen LogP contribution in [0.1, 0.15) is 24.6 Å². The van der Waals surface area contributed by atoms with Gasteiger partial charge in [0.05, 0.1) is 13.0 Å². The van der Waals surface area contributed by atoms with Crippen molar-refractivity contribution in [2.45, 2.75) is 32.2 Å². The Kier molecular flexibility index (Phi) is 5.88. The lowest BCUT2D eigenvalue weighted by Gasteiger charge is -2.24. The van der Waals surface area contributed by atoms with Gasteiger partial charge < -0.3 is 15.0 Å². The van der Waals surface area contributed by atoms with Gasteiger partial charge in [-0.05, 0) is 43.3 Å². The smallest absolute Gasteiger partial charge is 0.247 e. The molecule has 26 heavy (non-hydrogen) atoms. The lowest BCUT2D eigenvalue weighted by atomic mass is 10.2. The second-order valence-corrected chi connectivity index (χ2v) is 7.10. The van der Waals surface area contributed by atoms with Gasteiger partial charge in [-0.15, -0.1) is 11.3 Å². The second-order valence-electron chi connectivity index (χ2n) is 6.07. The topological polar surface area (TPSA) is 58.6 Å². The zero-order chi connectivity index (χ0) is 18.5. The van der Waals surface area contributed by atoms with Crippen molar-refractivity contribution in [1.82, 2.24) is 4.90 Å². The number of anilines is 1. The van der Waals surface area contributed by atoms with Crippen LogP contribution in [-0.2, 0) is 16.0 Å². The molecule has 0 spiro atoms. The summed E-state index contributed by atoms with van der Waals surface area (Å²) in [6.07, 6.45) is 1.70. The van der Waals surface area contributed by atoms with Crippen LogP contribution in [0.3, 0.4) is 0 Å². The molecule has 2 amide bonds. The number of benzene rings is 1. The van der Waals surface area contributed by atoms with E-state index in [0.29, 0.717) is 31.7 Å². The number of halogens is 1. The molecule has 1 atom stereocenters. The first-order valence-corrected chi connectivity index (χ1v) is 9.51. The van der Waals surface area contributed by atoms with E-state index in [1.165, 1.54) is 23.5 Å². The van der Waals surface area contributed by atoms with E-state index in [1.807, 2.05) is 17.5 Å². The average Bonchev–Trinajstić information content (AvgIpc) is 3.28. The molecule has 2 heterocycles. The maximum atomic E-state index is 13.9. The Hall–Kier alpha value is -2.41. The minimum absolute atomic E-state index is 0.0528. The molecule has 3 rings (SSSR count). The van der Waals surface area contributed by atoms with Crippen molar-refractivity contribution in [2.75, 3.05) is 18.5 Å². The molecule has 1 saturated heterocycles. The second kappa shape index (κ2) is 8.31. The molecular weight excluding hydrogens is 355 g/mol. The molecule has 7 heteroatoms. The Balaban J connectivity index is 1.64. The summed E-state index contributed by atoms with van der Waals surface area (Å²) in [7, 11) is 0. The van der Waals surface area contributed by atoms with E-state index in [2.05, 4.69) is 5.32 Å². The Bertz CT molecular complexity index is 779. The van der Waals surface area contributed by atoms with Crippen LogP contribution < -0.4 is 10.1 Å². The van der Waals surface area contributed by atoms with E-state index < -0.39 is 11.9 Å². The van der Waals surface area contributed by atoms with Crippen molar-refractivity contribution >= 4 is 28.8 Å². The van der Waals surface area contributed by atoms with Crippen LogP contribution in [0.2, 0.25) is 0 Å². The molecule has 1 N–H and O–H groups in total. The number of amides is 2. The van der Waals surface area contributed by atoms with E-state index >= 15 is 0 Å². The van der Waals surface area contributed by atoms with E-state index in [0.717, 1.165) is 11.3 Å². The summed E-state index contributed by atoms with van der Waals surface area (Å²) in [5.74, 6) is -0.714. The van der Waals surface area contributed by atoms with Crippen LogP contribution in [-0.4, -0.2) is 35.9 Å². The van der Waals surface area contributed by atoms with Gasteiger partial charge in [-0.3, -0.25) is 9.59 Å². The van der Waals surface area contributed by atoms with Gasteiger partial charge in [0, 0.05) is 23.2 Å². The Morgan fingerprint density at radius 1 is 1.38 bits per heavy atom. The monoisotopic (exact) mass is 376 g/mol.